The Hall–Kier alpha value is -3.64. The summed E-state index contributed by atoms with van der Waals surface area (Å²) in [5.74, 6) is -0.501. The summed E-state index contributed by atoms with van der Waals surface area (Å²) in [6.45, 7) is 3.99. The van der Waals surface area contributed by atoms with E-state index in [1.54, 1.807) is 18.2 Å². The van der Waals surface area contributed by atoms with Crippen LogP contribution in [-0.2, 0) is 16.3 Å². The van der Waals surface area contributed by atoms with Gasteiger partial charge in [0.1, 0.15) is 35.7 Å². The molecule has 254 valence electrons. The van der Waals surface area contributed by atoms with Gasteiger partial charge in [0.2, 0.25) is 0 Å². The van der Waals surface area contributed by atoms with Gasteiger partial charge in [-0.1, -0.05) is 19.1 Å². The monoisotopic (exact) mass is 680 g/mol. The highest BCUT2D eigenvalue weighted by Crippen LogP contribution is 2.45. The first kappa shape index (κ1) is 31.6. The zero-order valence-electron chi connectivity index (χ0n) is 26.9. The number of ether oxygens (including phenoxy) is 1. The molecule has 1 N–H and O–H groups in total. The van der Waals surface area contributed by atoms with E-state index in [-0.39, 0.29) is 35.2 Å². The van der Waals surface area contributed by atoms with Gasteiger partial charge in [0.15, 0.2) is 15.7 Å². The molecule has 4 aromatic rings. The molecule has 4 aliphatic rings. The molecule has 8 rings (SSSR count). The van der Waals surface area contributed by atoms with Gasteiger partial charge >= 0.3 is 6.01 Å². The Labute approximate surface area is 277 Å². The second-order valence-corrected chi connectivity index (χ2v) is 16.6. The van der Waals surface area contributed by atoms with Crippen molar-refractivity contribution in [1.82, 2.24) is 14.9 Å². The molecule has 3 aromatic carbocycles. The van der Waals surface area contributed by atoms with Crippen molar-refractivity contribution >= 4 is 37.3 Å². The molecular weight excluding hydrogens is 641 g/mol. The first-order chi connectivity index (χ1) is 23.0. The molecule has 1 aromatic heterocycles. The van der Waals surface area contributed by atoms with Gasteiger partial charge in [0, 0.05) is 37.0 Å². The van der Waals surface area contributed by atoms with E-state index in [1.807, 2.05) is 11.8 Å². The topological polar surface area (TPSA) is 95.9 Å². The molecule has 12 heteroatoms. The molecule has 4 fully saturated rings. The lowest BCUT2D eigenvalue weighted by Crippen LogP contribution is -2.47. The fraction of sp³-hybridized carbons (Fsp3) is 0.500. The lowest BCUT2D eigenvalue weighted by Gasteiger charge is -2.39. The van der Waals surface area contributed by atoms with E-state index in [4.69, 9.17) is 9.72 Å². The molecule has 0 aliphatic carbocycles. The van der Waals surface area contributed by atoms with Gasteiger partial charge in [-0.2, -0.15) is 9.97 Å². The van der Waals surface area contributed by atoms with E-state index >= 15 is 8.78 Å². The number of hydrogen-bond acceptors (Lipinski definition) is 8. The van der Waals surface area contributed by atoms with Crippen molar-refractivity contribution in [2.24, 2.45) is 0 Å². The fourth-order valence-corrected chi connectivity index (χ4v) is 11.2. The molecule has 5 heterocycles. The van der Waals surface area contributed by atoms with Crippen LogP contribution in [0.3, 0.4) is 0 Å². The number of phenolic OH excluding ortho intramolecular Hbond substituents is 1. The predicted molar refractivity (Wildman–Crippen MR) is 179 cm³/mol. The van der Waals surface area contributed by atoms with Crippen LogP contribution in [0.1, 0.15) is 57.4 Å². The summed E-state index contributed by atoms with van der Waals surface area (Å²) >= 11 is 0. The van der Waals surface area contributed by atoms with Crippen molar-refractivity contribution in [1.29, 1.82) is 0 Å². The highest BCUT2D eigenvalue weighted by molar-refractivity contribution is 7.93. The Morgan fingerprint density at radius 2 is 1.81 bits per heavy atom. The van der Waals surface area contributed by atoms with Crippen molar-refractivity contribution in [2.45, 2.75) is 74.7 Å². The minimum atomic E-state index is -3.20. The Bertz CT molecular complexity index is 2050. The Balaban J connectivity index is 1.24. The molecule has 8 nitrogen and oxygen atoms in total. The molecule has 0 bridgehead atoms. The number of aryl methyl sites for hydroxylation is 1. The Morgan fingerprint density at radius 3 is 2.56 bits per heavy atom. The molecule has 0 amide bonds. The average Bonchev–Trinajstić information content (AvgIpc) is 3.69. The fourth-order valence-electron chi connectivity index (χ4n) is 8.99. The first-order valence-corrected chi connectivity index (χ1v) is 18.6. The van der Waals surface area contributed by atoms with Crippen LogP contribution < -0.4 is 9.64 Å². The summed E-state index contributed by atoms with van der Waals surface area (Å²) in [6, 6.07) is 9.20. The van der Waals surface area contributed by atoms with Gasteiger partial charge in [-0.3, -0.25) is 4.90 Å². The highest BCUT2D eigenvalue weighted by atomic mass is 32.2. The number of alkyl halides is 1. The summed E-state index contributed by atoms with van der Waals surface area (Å²) in [4.78, 5) is 13.5. The molecule has 48 heavy (non-hydrogen) atoms. The molecule has 0 saturated carbocycles. The molecule has 1 spiro atoms. The number of phenols is 1. The number of hydrogen-bond donors (Lipinski definition) is 1. The minimum Gasteiger partial charge on any atom is -0.508 e. The van der Waals surface area contributed by atoms with Gasteiger partial charge in [-0.05, 0) is 97.7 Å². The van der Waals surface area contributed by atoms with Crippen LogP contribution in [0.4, 0.5) is 19.0 Å². The van der Waals surface area contributed by atoms with Crippen molar-refractivity contribution in [3.8, 4) is 22.9 Å². The molecule has 4 saturated heterocycles. The van der Waals surface area contributed by atoms with E-state index in [0.717, 1.165) is 19.4 Å². The van der Waals surface area contributed by atoms with Crippen LogP contribution >= 0.6 is 0 Å². The molecular formula is C36H39F3N4O4S. The largest absolute Gasteiger partial charge is 0.508 e. The number of nitrogens with zero attached hydrogens (tertiary/aromatic N) is 4. The molecule has 2 atom stereocenters. The third-order valence-electron chi connectivity index (χ3n) is 11.5. The lowest BCUT2D eigenvalue weighted by atomic mass is 9.91. The number of benzene rings is 3. The molecule has 0 unspecified atom stereocenters. The smallest absolute Gasteiger partial charge is 0.319 e. The number of fused-ring (bicyclic) bond motifs is 3. The van der Waals surface area contributed by atoms with E-state index in [2.05, 4.69) is 9.88 Å². The van der Waals surface area contributed by atoms with Crippen LogP contribution in [0.25, 0.3) is 32.8 Å². The minimum absolute atomic E-state index is 0.00258. The van der Waals surface area contributed by atoms with Crippen LogP contribution in [0.5, 0.6) is 11.8 Å². The maximum absolute atomic E-state index is 16.9. The normalized spacial score (nSPS) is 25.0. The zero-order valence-corrected chi connectivity index (χ0v) is 27.8. The van der Waals surface area contributed by atoms with Gasteiger partial charge in [-0.25, -0.2) is 21.6 Å². The van der Waals surface area contributed by atoms with Crippen molar-refractivity contribution < 1.29 is 31.4 Å². The quantitative estimate of drug-likeness (QED) is 0.247. The van der Waals surface area contributed by atoms with Crippen molar-refractivity contribution in [3.63, 3.8) is 0 Å². The standard InChI is InChI=1S/C36H39F3N4O4S/c1-2-25-29(38)8-5-22-17-24(44)18-28(30(22)25)26-6-7-27-32(31(26)39)40-34(47-21-35-9-3-13-43(35)20-23(37)19-35)41-33(27)42-14-11-36(12-15-42)10-4-16-48(36,45)46/h5-8,17-18,23,44H,2-4,9-16,19-21H2,1H3/t23-,35+/m1/s1. The first-order valence-electron chi connectivity index (χ1n) is 17.0. The highest BCUT2D eigenvalue weighted by Gasteiger charge is 2.50. The Kier molecular flexibility index (Phi) is 7.56. The van der Waals surface area contributed by atoms with Gasteiger partial charge in [0.25, 0.3) is 0 Å². The van der Waals surface area contributed by atoms with E-state index < -0.39 is 37.9 Å². The van der Waals surface area contributed by atoms with Crippen LogP contribution in [0.2, 0.25) is 0 Å². The number of rotatable bonds is 6. The van der Waals surface area contributed by atoms with Gasteiger partial charge < -0.3 is 14.7 Å². The predicted octanol–water partition coefficient (Wildman–Crippen LogP) is 6.50. The van der Waals surface area contributed by atoms with Crippen molar-refractivity contribution in [2.75, 3.05) is 43.4 Å². The summed E-state index contributed by atoms with van der Waals surface area (Å²) in [5, 5.41) is 12.2. The van der Waals surface area contributed by atoms with Crippen molar-refractivity contribution in [3.05, 3.63) is 53.6 Å². The molecule has 0 radical (unpaired) electrons. The number of piperidine rings is 1. The number of sulfone groups is 1. The number of halogens is 3. The maximum Gasteiger partial charge on any atom is 0.319 e. The van der Waals surface area contributed by atoms with Crippen LogP contribution in [0, 0.1) is 11.6 Å². The van der Waals surface area contributed by atoms with E-state index in [1.165, 1.54) is 18.2 Å². The second kappa shape index (κ2) is 11.5. The summed E-state index contributed by atoms with van der Waals surface area (Å²) < 4.78 is 78.0. The second-order valence-electron chi connectivity index (χ2n) is 14.1. The van der Waals surface area contributed by atoms with Crippen LogP contribution in [0.15, 0.2) is 36.4 Å². The van der Waals surface area contributed by atoms with Crippen LogP contribution in [-0.4, -0.2) is 83.4 Å². The number of aromatic nitrogens is 2. The van der Waals surface area contributed by atoms with E-state index in [9.17, 15) is 17.9 Å². The summed E-state index contributed by atoms with van der Waals surface area (Å²) in [5.41, 5.74) is 0.443. The summed E-state index contributed by atoms with van der Waals surface area (Å²) in [7, 11) is -3.20. The maximum atomic E-state index is 16.9. The zero-order chi connectivity index (χ0) is 33.4. The number of aromatic hydroxyl groups is 1. The summed E-state index contributed by atoms with van der Waals surface area (Å²) in [6.07, 6.45) is 3.72. The van der Waals surface area contributed by atoms with Gasteiger partial charge in [-0.15, -0.1) is 0 Å². The molecule has 4 aliphatic heterocycles. The van der Waals surface area contributed by atoms with E-state index in [0.29, 0.717) is 91.3 Å². The third kappa shape index (κ3) is 4.92. The third-order valence-corrected chi connectivity index (χ3v) is 14.2. The lowest BCUT2D eigenvalue weighted by molar-refractivity contribution is 0.107. The Morgan fingerprint density at radius 1 is 1.00 bits per heavy atom. The average molecular weight is 681 g/mol. The van der Waals surface area contributed by atoms with Gasteiger partial charge in [0.05, 0.1) is 16.0 Å². The SMILES string of the molecule is CCc1c(F)ccc2cc(O)cc(-c3ccc4c(N5CCC6(CCCS6(=O)=O)CC5)nc(OC[C@@]56CCCN5C[C@H](F)C6)nc4c3F)c12. The number of anilines is 1.